The Labute approximate surface area is 114 Å². The molecule has 0 saturated carbocycles. The van der Waals surface area contributed by atoms with E-state index in [9.17, 15) is 4.79 Å². The second-order valence-electron chi connectivity index (χ2n) is 3.61. The highest BCUT2D eigenvalue weighted by Crippen LogP contribution is 2.16. The molecular weight excluding hydrogens is 294 g/mol. The van der Waals surface area contributed by atoms with Gasteiger partial charge in [-0.05, 0) is 40.2 Å². The van der Waals surface area contributed by atoms with Crippen LogP contribution in [0.4, 0.5) is 11.5 Å². The number of hydrogen-bond donors (Lipinski definition) is 2. The van der Waals surface area contributed by atoms with Gasteiger partial charge in [0.1, 0.15) is 5.82 Å². The highest BCUT2D eigenvalue weighted by atomic mass is 79.9. The second kappa shape index (κ2) is 5.64. The van der Waals surface area contributed by atoms with E-state index < -0.39 is 0 Å². The van der Waals surface area contributed by atoms with E-state index >= 15 is 0 Å². The van der Waals surface area contributed by atoms with Crippen molar-refractivity contribution in [3.05, 3.63) is 52.6 Å². The number of pyridine rings is 1. The van der Waals surface area contributed by atoms with Crippen molar-refractivity contribution < 1.29 is 4.79 Å². The van der Waals surface area contributed by atoms with Gasteiger partial charge in [-0.15, -0.1) is 0 Å². The zero-order chi connectivity index (χ0) is 13.0. The normalized spacial score (nSPS) is 9.89. The number of nitrogens with zero attached hydrogens (tertiary/aromatic N) is 1. The van der Waals surface area contributed by atoms with Crippen molar-refractivity contribution in [2.24, 2.45) is 0 Å². The van der Waals surface area contributed by atoms with E-state index in [0.29, 0.717) is 11.4 Å². The standard InChI is InChI=1S/C13H12BrN3O/c1-15-11-5-3-2-4-10(11)13(18)17-12-7-6-9(14)8-16-12/h2-8,15H,1H3,(H,16,17,18). The number of carbonyl (C=O) groups is 1. The Morgan fingerprint density at radius 3 is 2.67 bits per heavy atom. The molecule has 0 unspecified atom stereocenters. The number of aromatic nitrogens is 1. The van der Waals surface area contributed by atoms with Gasteiger partial charge >= 0.3 is 0 Å². The highest BCUT2D eigenvalue weighted by Gasteiger charge is 2.10. The molecule has 5 heteroatoms. The summed E-state index contributed by atoms with van der Waals surface area (Å²) in [7, 11) is 1.78. The van der Waals surface area contributed by atoms with Crippen LogP contribution in [0.25, 0.3) is 0 Å². The SMILES string of the molecule is CNc1ccccc1C(=O)Nc1ccc(Br)cn1. The zero-order valence-corrected chi connectivity index (χ0v) is 11.4. The van der Waals surface area contributed by atoms with Crippen LogP contribution >= 0.6 is 15.9 Å². The zero-order valence-electron chi connectivity index (χ0n) is 9.77. The molecule has 1 heterocycles. The number of amides is 1. The van der Waals surface area contributed by atoms with E-state index in [4.69, 9.17) is 0 Å². The van der Waals surface area contributed by atoms with E-state index in [0.717, 1.165) is 10.2 Å². The first-order chi connectivity index (χ1) is 8.70. The Balaban J connectivity index is 2.19. The van der Waals surface area contributed by atoms with Gasteiger partial charge in [0.05, 0.1) is 5.56 Å². The van der Waals surface area contributed by atoms with Crippen molar-refractivity contribution in [2.75, 3.05) is 17.7 Å². The summed E-state index contributed by atoms with van der Waals surface area (Å²) in [4.78, 5) is 16.2. The van der Waals surface area contributed by atoms with Crippen molar-refractivity contribution in [1.29, 1.82) is 0 Å². The average molecular weight is 306 g/mol. The lowest BCUT2D eigenvalue weighted by Crippen LogP contribution is -2.14. The lowest BCUT2D eigenvalue weighted by molar-refractivity contribution is 0.102. The molecule has 0 aliphatic carbocycles. The minimum atomic E-state index is -0.185. The van der Waals surface area contributed by atoms with Crippen molar-refractivity contribution in [2.45, 2.75) is 0 Å². The van der Waals surface area contributed by atoms with E-state index in [1.807, 2.05) is 24.3 Å². The topological polar surface area (TPSA) is 54.0 Å². The van der Waals surface area contributed by atoms with Gasteiger partial charge in [-0.1, -0.05) is 12.1 Å². The number of carbonyl (C=O) groups excluding carboxylic acids is 1. The maximum atomic E-state index is 12.1. The first-order valence-corrected chi connectivity index (χ1v) is 6.19. The maximum absolute atomic E-state index is 12.1. The first-order valence-electron chi connectivity index (χ1n) is 5.40. The maximum Gasteiger partial charge on any atom is 0.258 e. The third-order valence-electron chi connectivity index (χ3n) is 2.41. The molecule has 1 aromatic heterocycles. The van der Waals surface area contributed by atoms with Crippen LogP contribution < -0.4 is 10.6 Å². The summed E-state index contributed by atoms with van der Waals surface area (Å²) in [5.74, 6) is 0.337. The number of hydrogen-bond acceptors (Lipinski definition) is 3. The first kappa shape index (κ1) is 12.6. The van der Waals surface area contributed by atoms with Crippen LogP contribution in [-0.4, -0.2) is 17.9 Å². The number of anilines is 2. The van der Waals surface area contributed by atoms with Crippen LogP contribution in [0.15, 0.2) is 47.1 Å². The third kappa shape index (κ3) is 2.87. The van der Waals surface area contributed by atoms with Gasteiger partial charge in [0, 0.05) is 23.4 Å². The second-order valence-corrected chi connectivity index (χ2v) is 4.53. The molecule has 0 atom stereocenters. The van der Waals surface area contributed by atoms with Crippen molar-refractivity contribution in [3.63, 3.8) is 0 Å². The number of benzene rings is 1. The third-order valence-corrected chi connectivity index (χ3v) is 2.88. The summed E-state index contributed by atoms with van der Waals surface area (Å²) in [5.41, 5.74) is 1.37. The van der Waals surface area contributed by atoms with Crippen LogP contribution in [-0.2, 0) is 0 Å². The summed E-state index contributed by atoms with van der Waals surface area (Å²) in [6.07, 6.45) is 1.64. The Hall–Kier alpha value is -1.88. The van der Waals surface area contributed by atoms with Gasteiger partial charge in [-0.25, -0.2) is 4.98 Å². The molecule has 1 aromatic carbocycles. The van der Waals surface area contributed by atoms with Gasteiger partial charge in [0.15, 0.2) is 0 Å². The minimum absolute atomic E-state index is 0.185. The molecular formula is C13H12BrN3O. The molecule has 0 fully saturated rings. The fourth-order valence-corrected chi connectivity index (χ4v) is 1.77. The van der Waals surface area contributed by atoms with Crippen LogP contribution in [0.1, 0.15) is 10.4 Å². The van der Waals surface area contributed by atoms with Crippen LogP contribution in [0.2, 0.25) is 0 Å². The predicted octanol–water partition coefficient (Wildman–Crippen LogP) is 3.14. The summed E-state index contributed by atoms with van der Waals surface area (Å²) in [5, 5.41) is 5.73. The molecule has 4 nitrogen and oxygen atoms in total. The fraction of sp³-hybridized carbons (Fsp3) is 0.0769. The molecule has 0 spiro atoms. The Morgan fingerprint density at radius 1 is 1.22 bits per heavy atom. The molecule has 0 saturated heterocycles. The van der Waals surface area contributed by atoms with Crippen molar-refractivity contribution in [1.82, 2.24) is 4.98 Å². The van der Waals surface area contributed by atoms with Crippen molar-refractivity contribution in [3.8, 4) is 0 Å². The monoisotopic (exact) mass is 305 g/mol. The number of rotatable bonds is 3. The molecule has 18 heavy (non-hydrogen) atoms. The van der Waals surface area contributed by atoms with E-state index in [1.54, 1.807) is 25.4 Å². The largest absolute Gasteiger partial charge is 0.387 e. The van der Waals surface area contributed by atoms with Gasteiger partial charge < -0.3 is 10.6 Å². The molecule has 92 valence electrons. The molecule has 2 rings (SSSR count). The molecule has 2 aromatic rings. The van der Waals surface area contributed by atoms with Gasteiger partial charge in [-0.2, -0.15) is 0 Å². The number of nitrogens with one attached hydrogen (secondary N) is 2. The Bertz CT molecular complexity index is 554. The number of para-hydroxylation sites is 1. The van der Waals surface area contributed by atoms with Gasteiger partial charge in [0.2, 0.25) is 0 Å². The summed E-state index contributed by atoms with van der Waals surface area (Å²) < 4.78 is 0.871. The van der Waals surface area contributed by atoms with Crippen LogP contribution in [0.3, 0.4) is 0 Å². The molecule has 1 amide bonds. The minimum Gasteiger partial charge on any atom is -0.387 e. The number of halogens is 1. The molecule has 0 aliphatic heterocycles. The summed E-state index contributed by atoms with van der Waals surface area (Å²) in [6, 6.07) is 10.9. The lowest BCUT2D eigenvalue weighted by Gasteiger charge is -2.09. The summed E-state index contributed by atoms with van der Waals surface area (Å²) in [6.45, 7) is 0. The Morgan fingerprint density at radius 2 is 2.00 bits per heavy atom. The average Bonchev–Trinajstić information content (AvgIpc) is 2.41. The highest BCUT2D eigenvalue weighted by molar-refractivity contribution is 9.10. The Kier molecular flexibility index (Phi) is 3.94. The molecule has 0 aliphatic rings. The molecule has 0 radical (unpaired) electrons. The fourth-order valence-electron chi connectivity index (χ4n) is 1.53. The van der Waals surface area contributed by atoms with E-state index in [-0.39, 0.29) is 5.91 Å². The van der Waals surface area contributed by atoms with Crippen LogP contribution in [0, 0.1) is 0 Å². The molecule has 2 N–H and O–H groups in total. The van der Waals surface area contributed by atoms with Gasteiger partial charge in [0.25, 0.3) is 5.91 Å². The van der Waals surface area contributed by atoms with Crippen molar-refractivity contribution >= 4 is 33.3 Å². The van der Waals surface area contributed by atoms with E-state index in [1.165, 1.54) is 0 Å². The van der Waals surface area contributed by atoms with Crippen LogP contribution in [0.5, 0.6) is 0 Å². The molecule has 0 bridgehead atoms. The van der Waals surface area contributed by atoms with E-state index in [2.05, 4.69) is 31.5 Å². The quantitative estimate of drug-likeness (QED) is 0.916. The predicted molar refractivity (Wildman–Crippen MR) is 75.9 cm³/mol. The summed E-state index contributed by atoms with van der Waals surface area (Å²) >= 11 is 3.29. The smallest absolute Gasteiger partial charge is 0.258 e. The lowest BCUT2D eigenvalue weighted by atomic mass is 10.1. The van der Waals surface area contributed by atoms with Gasteiger partial charge in [-0.3, -0.25) is 4.79 Å².